The third-order valence-electron chi connectivity index (χ3n) is 2.98. The van der Waals surface area contributed by atoms with Crippen LogP contribution in [0.25, 0.3) is 10.8 Å². The molecule has 0 atom stereocenters. The van der Waals surface area contributed by atoms with Gasteiger partial charge >= 0.3 is 0 Å². The van der Waals surface area contributed by atoms with Crippen molar-refractivity contribution in [2.24, 2.45) is 0 Å². The van der Waals surface area contributed by atoms with Crippen molar-refractivity contribution in [3.05, 3.63) is 59.4 Å². The molecule has 0 amide bonds. The van der Waals surface area contributed by atoms with E-state index in [9.17, 15) is 0 Å². The second kappa shape index (κ2) is 5.71. The average Bonchev–Trinajstić information content (AvgIpc) is 2.47. The van der Waals surface area contributed by atoms with E-state index in [0.717, 1.165) is 16.3 Å². The fourth-order valence-electron chi connectivity index (χ4n) is 2.03. The van der Waals surface area contributed by atoms with Crippen molar-refractivity contribution in [3.63, 3.8) is 0 Å². The first-order chi connectivity index (χ1) is 9.30. The van der Waals surface area contributed by atoms with E-state index in [4.69, 9.17) is 15.3 Å². The predicted octanol–water partition coefficient (Wildman–Crippen LogP) is 3.33. The Labute approximate surface area is 112 Å². The Balaban J connectivity index is 2.50. The van der Waals surface area contributed by atoms with Crippen LogP contribution in [0.1, 0.15) is 5.56 Å². The lowest BCUT2D eigenvalue weighted by atomic mass is 10.0. The van der Waals surface area contributed by atoms with Crippen molar-refractivity contribution in [3.8, 4) is 12.1 Å². The minimum Gasteiger partial charge on any atom is -0.499 e. The molecule has 2 aromatic rings. The van der Waals surface area contributed by atoms with Crippen LogP contribution < -0.4 is 0 Å². The molecule has 0 aliphatic carbocycles. The minimum atomic E-state index is 0.0236. The van der Waals surface area contributed by atoms with Gasteiger partial charge in [0.15, 0.2) is 5.57 Å². The smallest absolute Gasteiger partial charge is 0.167 e. The summed E-state index contributed by atoms with van der Waals surface area (Å²) in [6.07, 6.45) is 0.439. The Morgan fingerprint density at radius 1 is 1.05 bits per heavy atom. The lowest BCUT2D eigenvalue weighted by Gasteiger charge is -2.09. The van der Waals surface area contributed by atoms with Crippen LogP contribution >= 0.6 is 0 Å². The molecule has 0 bridgehead atoms. The van der Waals surface area contributed by atoms with Gasteiger partial charge in [0.05, 0.1) is 7.11 Å². The highest BCUT2D eigenvalue weighted by molar-refractivity contribution is 5.85. The van der Waals surface area contributed by atoms with Crippen LogP contribution in [0.2, 0.25) is 0 Å². The first kappa shape index (κ1) is 12.7. The average molecular weight is 248 g/mol. The molecule has 19 heavy (non-hydrogen) atoms. The van der Waals surface area contributed by atoms with Crippen LogP contribution in [0.15, 0.2) is 53.8 Å². The van der Waals surface area contributed by atoms with E-state index in [-0.39, 0.29) is 5.57 Å². The van der Waals surface area contributed by atoms with Gasteiger partial charge in [0.1, 0.15) is 17.9 Å². The number of rotatable bonds is 3. The molecule has 92 valence electrons. The van der Waals surface area contributed by atoms with Crippen molar-refractivity contribution in [1.82, 2.24) is 0 Å². The summed E-state index contributed by atoms with van der Waals surface area (Å²) in [6.45, 7) is 0. The second-order valence-electron chi connectivity index (χ2n) is 4.04. The molecule has 0 aliphatic rings. The minimum absolute atomic E-state index is 0.0236. The zero-order valence-corrected chi connectivity index (χ0v) is 10.6. The monoisotopic (exact) mass is 248 g/mol. The fourth-order valence-corrected chi connectivity index (χ4v) is 2.03. The third-order valence-corrected chi connectivity index (χ3v) is 2.98. The van der Waals surface area contributed by atoms with Gasteiger partial charge in [0, 0.05) is 6.42 Å². The van der Waals surface area contributed by atoms with Crippen molar-refractivity contribution < 1.29 is 4.74 Å². The summed E-state index contributed by atoms with van der Waals surface area (Å²) in [4.78, 5) is 0. The highest BCUT2D eigenvalue weighted by Crippen LogP contribution is 2.22. The quantitative estimate of drug-likeness (QED) is 0.618. The van der Waals surface area contributed by atoms with E-state index in [1.807, 2.05) is 54.6 Å². The van der Waals surface area contributed by atoms with Gasteiger partial charge in [0.25, 0.3) is 0 Å². The molecule has 3 nitrogen and oxygen atoms in total. The third kappa shape index (κ3) is 2.56. The van der Waals surface area contributed by atoms with Gasteiger partial charge in [-0.15, -0.1) is 0 Å². The Bertz CT molecular complexity index is 696. The van der Waals surface area contributed by atoms with Crippen molar-refractivity contribution >= 4 is 10.8 Å². The van der Waals surface area contributed by atoms with Crippen LogP contribution in [-0.2, 0) is 11.2 Å². The topological polar surface area (TPSA) is 56.8 Å². The fraction of sp³-hybridized carbons (Fsp3) is 0.125. The summed E-state index contributed by atoms with van der Waals surface area (Å²) >= 11 is 0. The molecule has 0 heterocycles. The van der Waals surface area contributed by atoms with E-state index in [1.165, 1.54) is 7.11 Å². The maximum absolute atomic E-state index is 8.91. The van der Waals surface area contributed by atoms with Gasteiger partial charge in [-0.25, -0.2) is 0 Å². The molecule has 0 saturated carbocycles. The predicted molar refractivity (Wildman–Crippen MR) is 72.9 cm³/mol. The van der Waals surface area contributed by atoms with Crippen molar-refractivity contribution in [2.45, 2.75) is 6.42 Å². The van der Waals surface area contributed by atoms with E-state index >= 15 is 0 Å². The number of methoxy groups -OCH3 is 1. The summed E-state index contributed by atoms with van der Waals surface area (Å²) in [6, 6.07) is 17.7. The number of hydrogen-bond acceptors (Lipinski definition) is 3. The summed E-state index contributed by atoms with van der Waals surface area (Å²) in [7, 11) is 1.48. The van der Waals surface area contributed by atoms with E-state index in [2.05, 4.69) is 0 Å². The van der Waals surface area contributed by atoms with E-state index < -0.39 is 0 Å². The second-order valence-corrected chi connectivity index (χ2v) is 4.04. The lowest BCUT2D eigenvalue weighted by Crippen LogP contribution is -1.98. The lowest BCUT2D eigenvalue weighted by molar-refractivity contribution is 0.281. The highest BCUT2D eigenvalue weighted by atomic mass is 16.5. The van der Waals surface area contributed by atoms with Crippen LogP contribution in [0.3, 0.4) is 0 Å². The van der Waals surface area contributed by atoms with E-state index in [1.54, 1.807) is 0 Å². The number of hydrogen-bond donors (Lipinski definition) is 0. The summed E-state index contributed by atoms with van der Waals surface area (Å²) in [5.41, 5.74) is 1.06. The molecular weight excluding hydrogens is 236 g/mol. The molecular formula is C16H12N2O. The summed E-state index contributed by atoms with van der Waals surface area (Å²) in [5, 5.41) is 20.1. The molecule has 2 aromatic carbocycles. The number of fused-ring (bicyclic) bond motifs is 1. The molecule has 0 aromatic heterocycles. The van der Waals surface area contributed by atoms with Crippen molar-refractivity contribution in [2.75, 3.05) is 7.11 Å². The molecule has 0 aliphatic heterocycles. The van der Waals surface area contributed by atoms with Crippen LogP contribution in [0.4, 0.5) is 0 Å². The van der Waals surface area contributed by atoms with Crippen molar-refractivity contribution in [1.29, 1.82) is 10.5 Å². The summed E-state index contributed by atoms with van der Waals surface area (Å²) in [5.74, 6) is 0.404. The molecule has 0 N–H and O–H groups in total. The van der Waals surface area contributed by atoms with Gasteiger partial charge in [-0.2, -0.15) is 10.5 Å². The Morgan fingerprint density at radius 2 is 1.74 bits per heavy atom. The van der Waals surface area contributed by atoms with Gasteiger partial charge < -0.3 is 4.74 Å². The molecule has 0 saturated heterocycles. The molecule has 0 spiro atoms. The molecule has 0 fully saturated rings. The maximum Gasteiger partial charge on any atom is 0.167 e. The largest absolute Gasteiger partial charge is 0.499 e. The Hall–Kier alpha value is -2.78. The van der Waals surface area contributed by atoms with Gasteiger partial charge in [-0.3, -0.25) is 0 Å². The standard InChI is InChI=1S/C16H12N2O/c1-19-16(14(10-17)11-18)9-13-7-4-6-12-5-2-3-8-15(12)13/h2-8H,9H2,1H3. The first-order valence-electron chi connectivity index (χ1n) is 5.84. The first-order valence-corrected chi connectivity index (χ1v) is 5.84. The molecule has 0 radical (unpaired) electrons. The molecule has 3 heteroatoms. The van der Waals surface area contributed by atoms with Gasteiger partial charge in [-0.05, 0) is 16.3 Å². The number of allylic oxidation sites excluding steroid dienone is 2. The van der Waals surface area contributed by atoms with Crippen LogP contribution in [0, 0.1) is 22.7 Å². The Kier molecular flexibility index (Phi) is 3.81. The normalized spacial score (nSPS) is 9.42. The number of nitriles is 2. The number of benzene rings is 2. The SMILES string of the molecule is COC(Cc1cccc2ccccc12)=C(C#N)C#N. The van der Waals surface area contributed by atoms with Gasteiger partial charge in [-0.1, -0.05) is 42.5 Å². The molecule has 2 rings (SSSR count). The van der Waals surface area contributed by atoms with Crippen LogP contribution in [0.5, 0.6) is 0 Å². The molecule has 0 unspecified atom stereocenters. The maximum atomic E-state index is 8.91. The van der Waals surface area contributed by atoms with Crippen LogP contribution in [-0.4, -0.2) is 7.11 Å². The number of ether oxygens (including phenoxy) is 1. The zero-order chi connectivity index (χ0) is 13.7. The summed E-state index contributed by atoms with van der Waals surface area (Å²) < 4.78 is 5.18. The zero-order valence-electron chi connectivity index (χ0n) is 10.6. The van der Waals surface area contributed by atoms with E-state index in [0.29, 0.717) is 12.2 Å². The Morgan fingerprint density at radius 3 is 2.42 bits per heavy atom. The highest BCUT2D eigenvalue weighted by Gasteiger charge is 2.09. The van der Waals surface area contributed by atoms with Gasteiger partial charge in [0.2, 0.25) is 0 Å². The number of nitrogens with zero attached hydrogens (tertiary/aromatic N) is 2.